The van der Waals surface area contributed by atoms with Crippen LogP contribution in [0.5, 0.6) is 5.75 Å². The van der Waals surface area contributed by atoms with Gasteiger partial charge in [-0.15, -0.1) is 0 Å². The lowest BCUT2D eigenvalue weighted by atomic mass is 10.1. The SMILES string of the molecule is CC=Cc1ccc(OCc2c(F)cccc2Cl)cc1N. The number of nitrogens with two attached hydrogens (primary N) is 1. The maximum atomic E-state index is 13.6. The van der Waals surface area contributed by atoms with Crippen molar-refractivity contribution in [3.63, 3.8) is 0 Å². The Morgan fingerprint density at radius 2 is 2.10 bits per heavy atom. The summed E-state index contributed by atoms with van der Waals surface area (Å²) < 4.78 is 19.1. The van der Waals surface area contributed by atoms with Crippen molar-refractivity contribution in [1.82, 2.24) is 0 Å². The molecule has 0 saturated carbocycles. The molecule has 4 heteroatoms. The first-order valence-electron chi connectivity index (χ1n) is 6.19. The average Bonchev–Trinajstić information content (AvgIpc) is 2.41. The van der Waals surface area contributed by atoms with Crippen molar-refractivity contribution < 1.29 is 9.13 Å². The molecule has 0 amide bonds. The van der Waals surface area contributed by atoms with E-state index in [1.807, 2.05) is 25.1 Å². The summed E-state index contributed by atoms with van der Waals surface area (Å²) in [4.78, 5) is 0. The van der Waals surface area contributed by atoms with Gasteiger partial charge in [0, 0.05) is 17.3 Å². The van der Waals surface area contributed by atoms with Crippen molar-refractivity contribution in [1.29, 1.82) is 0 Å². The van der Waals surface area contributed by atoms with E-state index in [0.717, 1.165) is 5.56 Å². The fourth-order valence-corrected chi connectivity index (χ4v) is 2.02. The lowest BCUT2D eigenvalue weighted by Crippen LogP contribution is -2.00. The van der Waals surface area contributed by atoms with Crippen molar-refractivity contribution in [3.8, 4) is 5.75 Å². The normalized spacial score (nSPS) is 10.9. The van der Waals surface area contributed by atoms with Gasteiger partial charge in [-0.3, -0.25) is 0 Å². The second-order valence-electron chi connectivity index (χ2n) is 4.28. The smallest absolute Gasteiger partial charge is 0.131 e. The van der Waals surface area contributed by atoms with Crippen LogP contribution in [0.3, 0.4) is 0 Å². The number of hydrogen-bond donors (Lipinski definition) is 1. The molecule has 0 spiro atoms. The summed E-state index contributed by atoms with van der Waals surface area (Å²) in [5.74, 6) is 0.200. The van der Waals surface area contributed by atoms with Crippen LogP contribution in [0.25, 0.3) is 6.08 Å². The minimum atomic E-state index is -0.379. The van der Waals surface area contributed by atoms with Gasteiger partial charge in [-0.1, -0.05) is 29.8 Å². The predicted octanol–water partition coefficient (Wildman–Crippen LogP) is 4.67. The highest BCUT2D eigenvalue weighted by Gasteiger charge is 2.08. The summed E-state index contributed by atoms with van der Waals surface area (Å²) in [6.07, 6.45) is 3.82. The van der Waals surface area contributed by atoms with Crippen molar-refractivity contribution in [2.45, 2.75) is 13.5 Å². The summed E-state index contributed by atoms with van der Waals surface area (Å²) in [5.41, 5.74) is 7.77. The molecule has 0 unspecified atom stereocenters. The van der Waals surface area contributed by atoms with Crippen molar-refractivity contribution in [2.75, 3.05) is 5.73 Å². The lowest BCUT2D eigenvalue weighted by Gasteiger charge is -2.10. The minimum absolute atomic E-state index is 0.0634. The maximum Gasteiger partial charge on any atom is 0.131 e. The zero-order chi connectivity index (χ0) is 14.5. The van der Waals surface area contributed by atoms with Crippen LogP contribution in [0.1, 0.15) is 18.1 Å². The largest absolute Gasteiger partial charge is 0.489 e. The number of ether oxygens (including phenoxy) is 1. The van der Waals surface area contributed by atoms with Gasteiger partial charge in [-0.2, -0.15) is 0 Å². The fourth-order valence-electron chi connectivity index (χ4n) is 1.80. The number of allylic oxidation sites excluding steroid dienone is 1. The average molecular weight is 292 g/mol. The number of benzene rings is 2. The minimum Gasteiger partial charge on any atom is -0.489 e. The monoisotopic (exact) mass is 291 g/mol. The molecule has 0 heterocycles. The first-order chi connectivity index (χ1) is 9.61. The Morgan fingerprint density at radius 1 is 1.30 bits per heavy atom. The number of nitrogen functional groups attached to an aromatic ring is 1. The first kappa shape index (κ1) is 14.4. The van der Waals surface area contributed by atoms with E-state index >= 15 is 0 Å². The van der Waals surface area contributed by atoms with Gasteiger partial charge < -0.3 is 10.5 Å². The van der Waals surface area contributed by atoms with E-state index in [2.05, 4.69) is 0 Å². The van der Waals surface area contributed by atoms with Crippen LogP contribution >= 0.6 is 11.6 Å². The van der Waals surface area contributed by atoms with E-state index in [1.165, 1.54) is 6.07 Å². The third kappa shape index (κ3) is 3.31. The van der Waals surface area contributed by atoms with Gasteiger partial charge in [0.15, 0.2) is 0 Å². The van der Waals surface area contributed by atoms with Gasteiger partial charge in [0.1, 0.15) is 18.2 Å². The Morgan fingerprint density at radius 3 is 2.75 bits per heavy atom. The molecule has 2 nitrogen and oxygen atoms in total. The van der Waals surface area contributed by atoms with Crippen LogP contribution in [-0.4, -0.2) is 0 Å². The summed E-state index contributed by atoms with van der Waals surface area (Å²) in [6, 6.07) is 9.91. The number of hydrogen-bond acceptors (Lipinski definition) is 2. The van der Waals surface area contributed by atoms with E-state index in [4.69, 9.17) is 22.1 Å². The third-order valence-corrected chi connectivity index (χ3v) is 3.20. The second kappa shape index (κ2) is 6.44. The van der Waals surface area contributed by atoms with E-state index in [-0.39, 0.29) is 12.4 Å². The molecule has 0 aromatic heterocycles. The van der Waals surface area contributed by atoms with E-state index in [9.17, 15) is 4.39 Å². The topological polar surface area (TPSA) is 35.2 Å². The zero-order valence-electron chi connectivity index (χ0n) is 11.1. The quantitative estimate of drug-likeness (QED) is 0.831. The standard InChI is InChI=1S/C16H15ClFNO/c1-2-4-11-7-8-12(9-16(11)19)20-10-13-14(17)5-3-6-15(13)18/h2-9H,10,19H2,1H3. The molecule has 104 valence electrons. The second-order valence-corrected chi connectivity index (χ2v) is 4.69. The van der Waals surface area contributed by atoms with Crippen LogP contribution in [0, 0.1) is 5.82 Å². The molecule has 0 atom stereocenters. The molecule has 0 aliphatic rings. The highest BCUT2D eigenvalue weighted by Crippen LogP contribution is 2.24. The van der Waals surface area contributed by atoms with Crippen molar-refractivity contribution in [2.24, 2.45) is 0 Å². The number of anilines is 1. The Hall–Kier alpha value is -2.00. The third-order valence-electron chi connectivity index (χ3n) is 2.85. The van der Waals surface area contributed by atoms with Crippen molar-refractivity contribution in [3.05, 3.63) is 64.4 Å². The van der Waals surface area contributed by atoms with Gasteiger partial charge in [0.05, 0.1) is 5.02 Å². The van der Waals surface area contributed by atoms with Gasteiger partial charge >= 0.3 is 0 Å². The molecule has 2 aromatic carbocycles. The maximum absolute atomic E-state index is 13.6. The summed E-state index contributed by atoms with van der Waals surface area (Å²) >= 11 is 5.94. The summed E-state index contributed by atoms with van der Waals surface area (Å²) in [5, 5.41) is 0.350. The Kier molecular flexibility index (Phi) is 4.64. The van der Waals surface area contributed by atoms with E-state index in [0.29, 0.717) is 22.0 Å². The van der Waals surface area contributed by atoms with Crippen LogP contribution in [0.4, 0.5) is 10.1 Å². The molecule has 2 rings (SSSR count). The molecule has 0 aliphatic carbocycles. The fraction of sp³-hybridized carbons (Fsp3) is 0.125. The highest BCUT2D eigenvalue weighted by atomic mass is 35.5. The first-order valence-corrected chi connectivity index (χ1v) is 6.57. The summed E-state index contributed by atoms with van der Waals surface area (Å²) in [7, 11) is 0. The summed E-state index contributed by atoms with van der Waals surface area (Å²) in [6.45, 7) is 1.98. The molecule has 0 radical (unpaired) electrons. The highest BCUT2D eigenvalue weighted by molar-refractivity contribution is 6.31. The van der Waals surface area contributed by atoms with Gasteiger partial charge in [0.25, 0.3) is 0 Å². The van der Waals surface area contributed by atoms with Crippen LogP contribution in [0.15, 0.2) is 42.5 Å². The van der Waals surface area contributed by atoms with Crippen LogP contribution in [-0.2, 0) is 6.61 Å². The number of halogens is 2. The molecule has 2 N–H and O–H groups in total. The Bertz CT molecular complexity index is 620. The molecule has 2 aromatic rings. The molecule has 0 bridgehead atoms. The van der Waals surface area contributed by atoms with E-state index in [1.54, 1.807) is 24.3 Å². The molecular formula is C16H15ClFNO. The molecule has 20 heavy (non-hydrogen) atoms. The molecule has 0 fully saturated rings. The van der Waals surface area contributed by atoms with Gasteiger partial charge in [-0.05, 0) is 36.8 Å². The van der Waals surface area contributed by atoms with Crippen LogP contribution in [0.2, 0.25) is 5.02 Å². The molecular weight excluding hydrogens is 277 g/mol. The molecule has 0 aliphatic heterocycles. The Labute approximate surface area is 122 Å². The zero-order valence-corrected chi connectivity index (χ0v) is 11.8. The predicted molar refractivity (Wildman–Crippen MR) is 81.3 cm³/mol. The van der Waals surface area contributed by atoms with Crippen LogP contribution < -0.4 is 10.5 Å². The Balaban J connectivity index is 2.13. The van der Waals surface area contributed by atoms with E-state index < -0.39 is 0 Å². The van der Waals surface area contributed by atoms with Gasteiger partial charge in [-0.25, -0.2) is 4.39 Å². The van der Waals surface area contributed by atoms with Gasteiger partial charge in [0.2, 0.25) is 0 Å². The lowest BCUT2D eigenvalue weighted by molar-refractivity contribution is 0.300. The number of rotatable bonds is 4. The molecule has 0 saturated heterocycles. The van der Waals surface area contributed by atoms with Crippen molar-refractivity contribution >= 4 is 23.4 Å².